The number of benzene rings is 1. The molecule has 1 saturated carbocycles. The molecule has 7 heteroatoms. The molecule has 4 rings (SSSR count). The number of hydrogen-bond acceptors (Lipinski definition) is 5. The lowest BCUT2D eigenvalue weighted by Gasteiger charge is -2.00. The minimum absolute atomic E-state index is 0.153. The lowest BCUT2D eigenvalue weighted by atomic mass is 10.2. The number of carbonyl (C=O) groups excluding carboxylic acids is 1. The van der Waals surface area contributed by atoms with E-state index >= 15 is 0 Å². The van der Waals surface area contributed by atoms with Crippen molar-refractivity contribution in [3.8, 4) is 22.2 Å². The molecule has 1 fully saturated rings. The summed E-state index contributed by atoms with van der Waals surface area (Å²) in [6.07, 6.45) is 2.03. The summed E-state index contributed by atoms with van der Waals surface area (Å²) < 4.78 is 6.29. The zero-order chi connectivity index (χ0) is 16.5. The molecule has 0 radical (unpaired) electrons. The predicted octanol–water partition coefficient (Wildman–Crippen LogP) is 4.25. The van der Waals surface area contributed by atoms with Crippen molar-refractivity contribution in [3.63, 3.8) is 0 Å². The van der Waals surface area contributed by atoms with E-state index in [0.29, 0.717) is 18.3 Å². The zero-order valence-corrected chi connectivity index (χ0v) is 15.1. The van der Waals surface area contributed by atoms with Crippen molar-refractivity contribution >= 4 is 33.2 Å². The highest BCUT2D eigenvalue weighted by Crippen LogP contribution is 2.31. The van der Waals surface area contributed by atoms with Gasteiger partial charge >= 0.3 is 0 Å². The molecule has 0 unspecified atom stereocenters. The van der Waals surface area contributed by atoms with Crippen LogP contribution in [-0.2, 0) is 11.3 Å². The van der Waals surface area contributed by atoms with E-state index in [9.17, 15) is 4.79 Å². The number of halogens is 1. The molecule has 0 spiro atoms. The third kappa shape index (κ3) is 3.27. The van der Waals surface area contributed by atoms with Gasteiger partial charge in [0.15, 0.2) is 0 Å². The number of carbonyl (C=O) groups is 1. The first-order valence-corrected chi connectivity index (χ1v) is 9.27. The largest absolute Gasteiger partial charge is 0.351 e. The molecule has 1 N–H and O–H groups in total. The summed E-state index contributed by atoms with van der Waals surface area (Å²) in [5.41, 5.74) is 0.865. The van der Waals surface area contributed by atoms with Crippen molar-refractivity contribution in [1.29, 1.82) is 0 Å². The Hall–Kier alpha value is -1.99. The minimum atomic E-state index is 0.153. The smallest absolute Gasteiger partial charge is 0.259 e. The zero-order valence-electron chi connectivity index (χ0n) is 12.7. The number of nitrogens with one attached hydrogen (secondary N) is 1. The molecular formula is C17H14BrN3O2S. The van der Waals surface area contributed by atoms with Crippen LogP contribution < -0.4 is 5.32 Å². The molecule has 2 aromatic heterocycles. The fourth-order valence-corrected chi connectivity index (χ4v) is 3.65. The highest BCUT2D eigenvalue weighted by Gasteiger charge is 2.29. The van der Waals surface area contributed by atoms with Crippen LogP contribution in [0.3, 0.4) is 0 Å². The molecule has 1 aromatic carbocycles. The summed E-state index contributed by atoms with van der Waals surface area (Å²) in [6, 6.07) is 11.7. The third-order valence-electron chi connectivity index (χ3n) is 3.80. The van der Waals surface area contributed by atoms with Crippen molar-refractivity contribution < 1.29 is 9.32 Å². The van der Waals surface area contributed by atoms with Crippen LogP contribution in [0.2, 0.25) is 0 Å². The first-order valence-electron chi connectivity index (χ1n) is 7.66. The average Bonchev–Trinajstić information content (AvgIpc) is 3.14. The van der Waals surface area contributed by atoms with Gasteiger partial charge in [-0.1, -0.05) is 17.3 Å². The number of thiophene rings is 1. The molecule has 0 atom stereocenters. The van der Waals surface area contributed by atoms with Gasteiger partial charge in [0.25, 0.3) is 5.89 Å². The second-order valence-electron chi connectivity index (χ2n) is 5.66. The SMILES string of the molecule is O=C(NCc1ccc(-c2noc(-c3ccccc3Br)n2)s1)C1CC1. The van der Waals surface area contributed by atoms with Crippen LogP contribution in [0.1, 0.15) is 17.7 Å². The number of rotatable bonds is 5. The molecule has 1 aliphatic carbocycles. The van der Waals surface area contributed by atoms with E-state index in [1.165, 1.54) is 0 Å². The topological polar surface area (TPSA) is 68.0 Å². The van der Waals surface area contributed by atoms with Gasteiger partial charge in [0.1, 0.15) is 0 Å². The third-order valence-corrected chi connectivity index (χ3v) is 5.57. The van der Waals surface area contributed by atoms with Gasteiger partial charge in [0.05, 0.1) is 17.0 Å². The fourth-order valence-electron chi connectivity index (χ4n) is 2.32. The van der Waals surface area contributed by atoms with Crippen LogP contribution in [-0.4, -0.2) is 16.0 Å². The van der Waals surface area contributed by atoms with Gasteiger partial charge in [-0.25, -0.2) is 0 Å². The fraction of sp³-hybridized carbons (Fsp3) is 0.235. The standard InChI is InChI=1S/C17H14BrN3O2S/c18-13-4-2-1-3-12(13)17-20-15(21-23-17)14-8-7-11(24-14)9-19-16(22)10-5-6-10/h1-4,7-8,10H,5-6,9H2,(H,19,22). The summed E-state index contributed by atoms with van der Waals surface area (Å²) in [4.78, 5) is 18.2. The Labute approximate surface area is 151 Å². The van der Waals surface area contributed by atoms with Crippen molar-refractivity contribution in [2.75, 3.05) is 0 Å². The summed E-state index contributed by atoms with van der Waals surface area (Å²) in [6.45, 7) is 0.551. The molecule has 0 saturated heterocycles. The van der Waals surface area contributed by atoms with Crippen LogP contribution in [0.25, 0.3) is 22.2 Å². The molecule has 24 heavy (non-hydrogen) atoms. The van der Waals surface area contributed by atoms with Gasteiger partial charge in [-0.3, -0.25) is 4.79 Å². The number of amides is 1. The Morgan fingerprint density at radius 1 is 1.29 bits per heavy atom. The Morgan fingerprint density at radius 2 is 2.12 bits per heavy atom. The van der Waals surface area contributed by atoms with Crippen LogP contribution in [0.4, 0.5) is 0 Å². The highest BCUT2D eigenvalue weighted by molar-refractivity contribution is 9.10. The highest BCUT2D eigenvalue weighted by atomic mass is 79.9. The van der Waals surface area contributed by atoms with Crippen LogP contribution >= 0.6 is 27.3 Å². The van der Waals surface area contributed by atoms with E-state index in [2.05, 4.69) is 31.4 Å². The van der Waals surface area contributed by atoms with Crippen LogP contribution in [0, 0.1) is 5.92 Å². The first kappa shape index (κ1) is 15.5. The molecule has 0 aliphatic heterocycles. The quantitative estimate of drug-likeness (QED) is 0.690. The maximum atomic E-state index is 11.7. The summed E-state index contributed by atoms with van der Waals surface area (Å²) in [7, 11) is 0. The van der Waals surface area contributed by atoms with E-state index < -0.39 is 0 Å². The normalized spacial score (nSPS) is 13.9. The van der Waals surface area contributed by atoms with E-state index in [1.807, 2.05) is 36.4 Å². The number of aromatic nitrogens is 2. The maximum Gasteiger partial charge on any atom is 0.259 e. The van der Waals surface area contributed by atoms with Crippen molar-refractivity contribution in [1.82, 2.24) is 15.5 Å². The van der Waals surface area contributed by atoms with Gasteiger partial charge in [-0.05, 0) is 53.0 Å². The Kier molecular flexibility index (Phi) is 4.20. The van der Waals surface area contributed by atoms with Gasteiger partial charge in [0.2, 0.25) is 11.7 Å². The summed E-state index contributed by atoms with van der Waals surface area (Å²) in [5, 5.41) is 7.03. The number of nitrogens with zero attached hydrogens (tertiary/aromatic N) is 2. The molecule has 2 heterocycles. The molecule has 1 aliphatic rings. The van der Waals surface area contributed by atoms with E-state index in [1.54, 1.807) is 11.3 Å². The second-order valence-corrected chi connectivity index (χ2v) is 7.68. The lowest BCUT2D eigenvalue weighted by molar-refractivity contribution is -0.122. The molecule has 3 aromatic rings. The molecule has 122 valence electrons. The molecule has 5 nitrogen and oxygen atoms in total. The average molecular weight is 404 g/mol. The van der Waals surface area contributed by atoms with Crippen molar-refractivity contribution in [3.05, 3.63) is 45.7 Å². The lowest BCUT2D eigenvalue weighted by Crippen LogP contribution is -2.23. The van der Waals surface area contributed by atoms with Gasteiger partial charge in [-0.15, -0.1) is 11.3 Å². The van der Waals surface area contributed by atoms with Gasteiger partial charge < -0.3 is 9.84 Å². The Balaban J connectivity index is 1.48. The number of hydrogen-bond donors (Lipinski definition) is 1. The predicted molar refractivity (Wildman–Crippen MR) is 95.3 cm³/mol. The molecule has 0 bridgehead atoms. The first-order chi connectivity index (χ1) is 11.7. The molecular weight excluding hydrogens is 390 g/mol. The minimum Gasteiger partial charge on any atom is -0.351 e. The second kappa shape index (κ2) is 6.49. The van der Waals surface area contributed by atoms with Crippen LogP contribution in [0.15, 0.2) is 45.4 Å². The van der Waals surface area contributed by atoms with Crippen LogP contribution in [0.5, 0.6) is 0 Å². The van der Waals surface area contributed by atoms with E-state index in [-0.39, 0.29) is 11.8 Å². The molecule has 1 amide bonds. The van der Waals surface area contributed by atoms with Gasteiger partial charge in [0, 0.05) is 15.3 Å². The van der Waals surface area contributed by atoms with Gasteiger partial charge in [-0.2, -0.15) is 4.98 Å². The maximum absolute atomic E-state index is 11.7. The monoisotopic (exact) mass is 403 g/mol. The Bertz CT molecular complexity index is 885. The Morgan fingerprint density at radius 3 is 2.92 bits per heavy atom. The van der Waals surface area contributed by atoms with Crippen molar-refractivity contribution in [2.24, 2.45) is 5.92 Å². The van der Waals surface area contributed by atoms with E-state index in [0.717, 1.165) is 32.6 Å². The van der Waals surface area contributed by atoms with E-state index in [4.69, 9.17) is 4.52 Å². The summed E-state index contributed by atoms with van der Waals surface area (Å²) >= 11 is 5.05. The van der Waals surface area contributed by atoms with Crippen molar-refractivity contribution in [2.45, 2.75) is 19.4 Å². The summed E-state index contributed by atoms with van der Waals surface area (Å²) in [5.74, 6) is 1.43.